The summed E-state index contributed by atoms with van der Waals surface area (Å²) >= 11 is 12.0. The van der Waals surface area contributed by atoms with Gasteiger partial charge in [-0.15, -0.1) is 0 Å². The lowest BCUT2D eigenvalue weighted by Crippen LogP contribution is -1.96. The monoisotopic (exact) mass is 280 g/mol. The maximum absolute atomic E-state index is 6.19. The van der Waals surface area contributed by atoms with E-state index >= 15 is 0 Å². The van der Waals surface area contributed by atoms with Crippen LogP contribution in [0.15, 0.2) is 30.6 Å². The summed E-state index contributed by atoms with van der Waals surface area (Å²) in [6.45, 7) is 0. The van der Waals surface area contributed by atoms with Crippen molar-refractivity contribution in [1.29, 1.82) is 0 Å². The Kier molecular flexibility index (Phi) is 3.10. The lowest BCUT2D eigenvalue weighted by atomic mass is 10.1. The van der Waals surface area contributed by atoms with E-state index in [0.29, 0.717) is 16.3 Å². The molecule has 2 aromatic rings. The molecule has 1 aromatic carbocycles. The zero-order valence-electron chi connectivity index (χ0n) is 9.44. The fraction of sp³-hybridized carbons (Fsp3) is 0.231. The molecular weight excluding hydrogens is 271 g/mol. The van der Waals surface area contributed by atoms with Crippen molar-refractivity contribution in [2.75, 3.05) is 0 Å². The molecule has 0 atom stereocenters. The van der Waals surface area contributed by atoms with Crippen LogP contribution in [0.3, 0.4) is 0 Å². The normalized spacial score (nSPS) is 14.6. The molecule has 3 nitrogen and oxygen atoms in total. The average molecular weight is 281 g/mol. The summed E-state index contributed by atoms with van der Waals surface area (Å²) < 4.78 is 5.68. The minimum Gasteiger partial charge on any atom is -0.489 e. The first kappa shape index (κ1) is 11.8. The fourth-order valence-corrected chi connectivity index (χ4v) is 1.98. The number of benzene rings is 1. The number of halogens is 2. The molecule has 0 bridgehead atoms. The zero-order chi connectivity index (χ0) is 12.5. The van der Waals surface area contributed by atoms with Gasteiger partial charge in [0.25, 0.3) is 0 Å². The molecule has 0 unspecified atom stereocenters. The van der Waals surface area contributed by atoms with Gasteiger partial charge in [-0.3, -0.25) is 0 Å². The predicted molar refractivity (Wildman–Crippen MR) is 71.1 cm³/mol. The van der Waals surface area contributed by atoms with Crippen LogP contribution < -0.4 is 4.74 Å². The van der Waals surface area contributed by atoms with Gasteiger partial charge in [0, 0.05) is 11.6 Å². The summed E-state index contributed by atoms with van der Waals surface area (Å²) in [7, 11) is 0. The van der Waals surface area contributed by atoms with Gasteiger partial charge in [0.2, 0.25) is 0 Å². The predicted octanol–water partition coefficient (Wildman–Crippen LogP) is 3.99. The lowest BCUT2D eigenvalue weighted by molar-refractivity contribution is 0.303. The third-order valence-electron chi connectivity index (χ3n) is 2.68. The molecule has 5 heteroatoms. The molecule has 92 valence electrons. The molecule has 0 spiro atoms. The van der Waals surface area contributed by atoms with Gasteiger partial charge in [-0.2, -0.15) is 0 Å². The minimum absolute atomic E-state index is 0.335. The second-order valence-corrected chi connectivity index (χ2v) is 4.98. The summed E-state index contributed by atoms with van der Waals surface area (Å²) in [5.74, 6) is 0.725. The third-order valence-corrected chi connectivity index (χ3v) is 3.18. The first-order valence-electron chi connectivity index (χ1n) is 5.66. The van der Waals surface area contributed by atoms with E-state index in [0.717, 1.165) is 29.8 Å². The van der Waals surface area contributed by atoms with Crippen LogP contribution in [0.5, 0.6) is 5.75 Å². The Labute approximate surface area is 115 Å². The zero-order valence-corrected chi connectivity index (χ0v) is 10.9. The van der Waals surface area contributed by atoms with Crippen LogP contribution in [0.25, 0.3) is 11.3 Å². The Balaban J connectivity index is 1.91. The Morgan fingerprint density at radius 3 is 2.61 bits per heavy atom. The molecule has 0 amide bonds. The molecule has 0 saturated heterocycles. The number of hydrogen-bond donors (Lipinski definition) is 0. The van der Waals surface area contributed by atoms with E-state index in [1.54, 1.807) is 6.07 Å². The van der Waals surface area contributed by atoms with Crippen LogP contribution in [-0.2, 0) is 0 Å². The van der Waals surface area contributed by atoms with Crippen molar-refractivity contribution < 1.29 is 4.74 Å². The summed E-state index contributed by atoms with van der Waals surface area (Å²) in [6, 6.07) is 7.32. The molecule has 0 N–H and O–H groups in total. The van der Waals surface area contributed by atoms with E-state index in [1.807, 2.05) is 18.2 Å². The van der Waals surface area contributed by atoms with E-state index in [9.17, 15) is 0 Å². The van der Waals surface area contributed by atoms with Crippen LogP contribution in [0.2, 0.25) is 10.2 Å². The van der Waals surface area contributed by atoms with Gasteiger partial charge in [-0.1, -0.05) is 23.2 Å². The van der Waals surface area contributed by atoms with Crippen LogP contribution in [0, 0.1) is 0 Å². The number of ether oxygens (including phenoxy) is 1. The molecule has 3 rings (SSSR count). The van der Waals surface area contributed by atoms with Crippen LogP contribution >= 0.6 is 23.2 Å². The first-order valence-corrected chi connectivity index (χ1v) is 6.42. The third kappa shape index (κ3) is 2.57. The van der Waals surface area contributed by atoms with Gasteiger partial charge in [-0.25, -0.2) is 9.97 Å². The SMILES string of the molecule is Clc1cc(-c2ccc(OC3CC3)c(Cl)c2)ncn1. The van der Waals surface area contributed by atoms with Crippen LogP contribution in [-0.4, -0.2) is 16.1 Å². The number of nitrogens with zero attached hydrogens (tertiary/aromatic N) is 2. The van der Waals surface area contributed by atoms with Crippen LogP contribution in [0.1, 0.15) is 12.8 Å². The topological polar surface area (TPSA) is 35.0 Å². The molecule has 1 aromatic heterocycles. The summed E-state index contributed by atoms with van der Waals surface area (Å²) in [6.07, 6.45) is 3.99. The van der Waals surface area contributed by atoms with E-state index in [1.165, 1.54) is 6.33 Å². The molecule has 1 aliphatic rings. The summed E-state index contributed by atoms with van der Waals surface area (Å²) in [5, 5.41) is 1.00. The van der Waals surface area contributed by atoms with Crippen molar-refractivity contribution in [3.63, 3.8) is 0 Å². The van der Waals surface area contributed by atoms with E-state index in [-0.39, 0.29) is 0 Å². The highest BCUT2D eigenvalue weighted by atomic mass is 35.5. The minimum atomic E-state index is 0.335. The Hall–Kier alpha value is -1.32. The quantitative estimate of drug-likeness (QED) is 0.798. The number of aromatic nitrogens is 2. The van der Waals surface area contributed by atoms with Gasteiger partial charge in [0.15, 0.2) is 0 Å². The molecule has 18 heavy (non-hydrogen) atoms. The molecule has 1 fully saturated rings. The molecule has 0 aliphatic heterocycles. The number of hydrogen-bond acceptors (Lipinski definition) is 3. The summed E-state index contributed by atoms with van der Waals surface area (Å²) in [5.41, 5.74) is 1.64. The Morgan fingerprint density at radius 2 is 1.94 bits per heavy atom. The molecule has 0 radical (unpaired) electrons. The highest BCUT2D eigenvalue weighted by Gasteiger charge is 2.24. The van der Waals surface area contributed by atoms with Gasteiger partial charge in [0.05, 0.1) is 16.8 Å². The second kappa shape index (κ2) is 4.75. The maximum Gasteiger partial charge on any atom is 0.138 e. The molecule has 1 saturated carbocycles. The fourth-order valence-electron chi connectivity index (χ4n) is 1.61. The first-order chi connectivity index (χ1) is 8.72. The average Bonchev–Trinajstić information content (AvgIpc) is 3.16. The van der Waals surface area contributed by atoms with Gasteiger partial charge in [-0.05, 0) is 31.0 Å². The standard InChI is InChI=1S/C13H10Cl2N2O/c14-10-5-8(11-6-13(15)17-7-16-11)1-4-12(10)18-9-2-3-9/h1,4-7,9H,2-3H2. The summed E-state index contributed by atoms with van der Waals surface area (Å²) in [4.78, 5) is 8.01. The van der Waals surface area contributed by atoms with Crippen molar-refractivity contribution in [2.24, 2.45) is 0 Å². The largest absolute Gasteiger partial charge is 0.489 e. The lowest BCUT2D eigenvalue weighted by Gasteiger charge is -2.08. The van der Waals surface area contributed by atoms with E-state index in [2.05, 4.69) is 9.97 Å². The molecule has 1 aliphatic carbocycles. The van der Waals surface area contributed by atoms with E-state index < -0.39 is 0 Å². The molecule has 1 heterocycles. The van der Waals surface area contributed by atoms with Gasteiger partial charge in [0.1, 0.15) is 17.2 Å². The van der Waals surface area contributed by atoms with Crippen molar-refractivity contribution in [3.8, 4) is 17.0 Å². The number of rotatable bonds is 3. The Morgan fingerprint density at radius 1 is 1.11 bits per heavy atom. The van der Waals surface area contributed by atoms with Crippen molar-refractivity contribution >= 4 is 23.2 Å². The van der Waals surface area contributed by atoms with Gasteiger partial charge < -0.3 is 4.74 Å². The highest BCUT2D eigenvalue weighted by Crippen LogP contribution is 2.34. The van der Waals surface area contributed by atoms with Crippen molar-refractivity contribution in [1.82, 2.24) is 9.97 Å². The van der Waals surface area contributed by atoms with Crippen LogP contribution in [0.4, 0.5) is 0 Å². The molecular formula is C13H10Cl2N2O. The second-order valence-electron chi connectivity index (χ2n) is 4.19. The van der Waals surface area contributed by atoms with Crippen molar-refractivity contribution in [2.45, 2.75) is 18.9 Å². The smallest absolute Gasteiger partial charge is 0.138 e. The highest BCUT2D eigenvalue weighted by molar-refractivity contribution is 6.32. The van der Waals surface area contributed by atoms with Gasteiger partial charge >= 0.3 is 0 Å². The Bertz CT molecular complexity index is 585. The van der Waals surface area contributed by atoms with Crippen molar-refractivity contribution in [3.05, 3.63) is 40.8 Å². The van der Waals surface area contributed by atoms with E-state index in [4.69, 9.17) is 27.9 Å². The maximum atomic E-state index is 6.19.